The van der Waals surface area contributed by atoms with E-state index in [4.69, 9.17) is 9.72 Å². The molecule has 0 radical (unpaired) electrons. The molecule has 2 aliphatic rings. The maximum atomic E-state index is 13.8. The molecule has 0 unspecified atom stereocenters. The molecule has 4 aromatic rings. The number of alkyl halides is 3. The van der Waals surface area contributed by atoms with Crippen LogP contribution in [0.15, 0.2) is 72.8 Å². The highest BCUT2D eigenvalue weighted by Gasteiger charge is 2.48. The summed E-state index contributed by atoms with van der Waals surface area (Å²) in [7, 11) is 2.05. The highest BCUT2D eigenvalue weighted by molar-refractivity contribution is 5.94. The summed E-state index contributed by atoms with van der Waals surface area (Å²) in [6.07, 6.45) is -2.67. The van der Waals surface area contributed by atoms with Crippen LogP contribution in [0.2, 0.25) is 0 Å². The van der Waals surface area contributed by atoms with Gasteiger partial charge in [-0.2, -0.15) is 13.2 Å². The molecular formula is C32H34F3N5O2. The Morgan fingerprint density at radius 3 is 2.17 bits per heavy atom. The third kappa shape index (κ3) is 5.31. The lowest BCUT2D eigenvalue weighted by Crippen LogP contribution is -2.49. The second-order valence-corrected chi connectivity index (χ2v) is 11.0. The molecule has 10 heteroatoms. The molecule has 1 fully saturated rings. The molecule has 0 spiro atoms. The van der Waals surface area contributed by atoms with Crippen molar-refractivity contribution in [1.29, 1.82) is 0 Å². The van der Waals surface area contributed by atoms with Crippen LogP contribution in [0.5, 0.6) is 11.5 Å². The zero-order chi connectivity index (χ0) is 29.3. The number of carbonyl (C=O) groups excluding carboxylic acids is 1. The van der Waals surface area contributed by atoms with E-state index in [2.05, 4.69) is 25.8 Å². The second-order valence-electron chi connectivity index (χ2n) is 11.0. The summed E-state index contributed by atoms with van der Waals surface area (Å²) in [6, 6.07) is 22.4. The molecule has 1 aromatic heterocycles. The minimum atomic E-state index is -4.51. The number of hydrogen-bond acceptors (Lipinski definition) is 5. The molecule has 3 aromatic carbocycles. The van der Waals surface area contributed by atoms with Crippen molar-refractivity contribution in [3.8, 4) is 11.5 Å². The van der Waals surface area contributed by atoms with E-state index in [1.807, 2.05) is 25.2 Å². The molecule has 42 heavy (non-hydrogen) atoms. The number of rotatable bonds is 8. The highest BCUT2D eigenvalue weighted by atomic mass is 19.4. The van der Waals surface area contributed by atoms with Gasteiger partial charge < -0.3 is 19.5 Å². The smallest absolute Gasteiger partial charge is 0.405 e. The van der Waals surface area contributed by atoms with E-state index in [0.29, 0.717) is 35.5 Å². The maximum Gasteiger partial charge on any atom is 0.405 e. The number of aryl methyl sites for hydroxylation is 1. The van der Waals surface area contributed by atoms with E-state index in [0.717, 1.165) is 56.1 Å². The number of aromatic nitrogens is 2. The Morgan fingerprint density at radius 1 is 0.905 bits per heavy atom. The van der Waals surface area contributed by atoms with Gasteiger partial charge in [0.05, 0.1) is 11.0 Å². The van der Waals surface area contributed by atoms with Gasteiger partial charge in [0.15, 0.2) is 0 Å². The van der Waals surface area contributed by atoms with Crippen LogP contribution >= 0.6 is 0 Å². The van der Waals surface area contributed by atoms with Gasteiger partial charge in [-0.1, -0.05) is 55.0 Å². The van der Waals surface area contributed by atoms with Crippen LogP contribution in [0.25, 0.3) is 11.0 Å². The van der Waals surface area contributed by atoms with Gasteiger partial charge >= 0.3 is 6.18 Å². The molecule has 2 aliphatic heterocycles. The predicted molar refractivity (Wildman–Crippen MR) is 156 cm³/mol. The third-order valence-electron chi connectivity index (χ3n) is 8.45. The summed E-state index contributed by atoms with van der Waals surface area (Å²) in [5.74, 6) is 1.31. The lowest BCUT2D eigenvalue weighted by Gasteiger charge is -2.39. The first-order valence-electron chi connectivity index (χ1n) is 14.4. The van der Waals surface area contributed by atoms with Crippen LogP contribution in [-0.2, 0) is 17.3 Å². The largest absolute Gasteiger partial charge is 0.457 e. The monoisotopic (exact) mass is 577 g/mol. The molecule has 1 amide bonds. The summed E-state index contributed by atoms with van der Waals surface area (Å²) in [5.41, 5.74) is 2.01. The zero-order valence-electron chi connectivity index (χ0n) is 23.5. The average Bonchev–Trinajstić information content (AvgIpc) is 3.33. The van der Waals surface area contributed by atoms with E-state index in [1.165, 1.54) is 0 Å². The maximum absolute atomic E-state index is 13.8. The molecule has 0 aliphatic carbocycles. The van der Waals surface area contributed by atoms with Crippen LogP contribution in [0.3, 0.4) is 0 Å². The Morgan fingerprint density at radius 2 is 1.52 bits per heavy atom. The molecule has 1 N–H and O–H groups in total. The molecule has 6 rings (SSSR count). The summed E-state index contributed by atoms with van der Waals surface area (Å²) in [6.45, 7) is 2.96. The van der Waals surface area contributed by atoms with Crippen molar-refractivity contribution in [2.24, 2.45) is 7.05 Å². The number of hydrogen-bond donors (Lipinski definition) is 1. The van der Waals surface area contributed by atoms with Crippen molar-refractivity contribution >= 4 is 22.9 Å². The van der Waals surface area contributed by atoms with Gasteiger partial charge in [-0.25, -0.2) is 4.98 Å². The second kappa shape index (κ2) is 11.3. The topological polar surface area (TPSA) is 62.6 Å². The Kier molecular flexibility index (Phi) is 7.57. The molecule has 0 atom stereocenters. The number of piperazine rings is 1. The minimum absolute atomic E-state index is 0.369. The Balaban J connectivity index is 1.14. The van der Waals surface area contributed by atoms with Crippen LogP contribution in [-0.4, -0.2) is 65.8 Å². The minimum Gasteiger partial charge on any atom is -0.457 e. The number of ether oxygens (including phenoxy) is 1. The SMILES string of the molecule is Cn1c(N2CCN(CCCCC3(C(=O)NCC(F)(F)F)c4ccccc4Oc4ccccc43)CC2)nc2ccccc21. The van der Waals surface area contributed by atoms with Crippen molar-refractivity contribution in [2.45, 2.75) is 30.9 Å². The van der Waals surface area contributed by atoms with Crippen molar-refractivity contribution in [1.82, 2.24) is 19.8 Å². The normalized spacial score (nSPS) is 16.5. The van der Waals surface area contributed by atoms with Crippen LogP contribution in [0, 0.1) is 0 Å². The van der Waals surface area contributed by atoms with Gasteiger partial charge in [0, 0.05) is 44.4 Å². The van der Waals surface area contributed by atoms with Gasteiger partial charge in [-0.05, 0) is 43.7 Å². The lowest BCUT2D eigenvalue weighted by molar-refractivity contribution is -0.141. The number of para-hydroxylation sites is 4. The number of benzene rings is 3. The van der Waals surface area contributed by atoms with Gasteiger partial charge in [-0.15, -0.1) is 0 Å². The van der Waals surface area contributed by atoms with Crippen molar-refractivity contribution in [3.63, 3.8) is 0 Å². The molecule has 7 nitrogen and oxygen atoms in total. The number of nitrogens with zero attached hydrogens (tertiary/aromatic N) is 4. The first-order chi connectivity index (χ1) is 20.3. The van der Waals surface area contributed by atoms with Crippen molar-refractivity contribution in [3.05, 3.63) is 83.9 Å². The van der Waals surface area contributed by atoms with E-state index in [1.54, 1.807) is 48.5 Å². The number of unbranched alkanes of at least 4 members (excludes halogenated alkanes) is 1. The summed E-state index contributed by atoms with van der Waals surface area (Å²) < 4.78 is 47.7. The molecule has 220 valence electrons. The third-order valence-corrected chi connectivity index (χ3v) is 8.45. The average molecular weight is 578 g/mol. The number of halogens is 3. The first-order valence-corrected chi connectivity index (χ1v) is 14.4. The molecule has 1 saturated heterocycles. The van der Waals surface area contributed by atoms with Gasteiger partial charge in [0.25, 0.3) is 0 Å². The first kappa shape index (κ1) is 28.1. The lowest BCUT2D eigenvalue weighted by atomic mass is 9.68. The van der Waals surface area contributed by atoms with Crippen LogP contribution < -0.4 is 15.0 Å². The van der Waals surface area contributed by atoms with E-state index in [-0.39, 0.29) is 0 Å². The number of imidazole rings is 1. The van der Waals surface area contributed by atoms with Crippen molar-refractivity contribution < 1.29 is 22.7 Å². The van der Waals surface area contributed by atoms with E-state index < -0.39 is 24.0 Å². The van der Waals surface area contributed by atoms with E-state index >= 15 is 0 Å². The molecular weight excluding hydrogens is 543 g/mol. The highest BCUT2D eigenvalue weighted by Crippen LogP contribution is 2.50. The van der Waals surface area contributed by atoms with Crippen LogP contribution in [0.1, 0.15) is 30.4 Å². The number of anilines is 1. The Bertz CT molecular complexity index is 1530. The Hall–Kier alpha value is -4.05. The zero-order valence-corrected chi connectivity index (χ0v) is 23.5. The quantitative estimate of drug-likeness (QED) is 0.275. The summed E-state index contributed by atoms with van der Waals surface area (Å²) in [4.78, 5) is 23.3. The Labute approximate surface area is 242 Å². The predicted octanol–water partition coefficient (Wildman–Crippen LogP) is 5.64. The van der Waals surface area contributed by atoms with Crippen molar-refractivity contribution in [2.75, 3.05) is 44.2 Å². The standard InChI is InChI=1S/C32H34F3N5O2/c1-38-26-13-5-4-12-25(26)37-30(38)40-20-18-39(19-21-40)17-9-8-16-31(29(41)36-22-32(33,34)35)23-10-2-6-14-27(23)42-28-15-7-3-11-24(28)31/h2-7,10-15H,8-9,16-22H2,1H3,(H,36,41). The summed E-state index contributed by atoms with van der Waals surface area (Å²) >= 11 is 0. The number of carbonyl (C=O) groups is 1. The molecule has 0 saturated carbocycles. The number of amides is 1. The van der Waals surface area contributed by atoms with Gasteiger partial charge in [0.2, 0.25) is 11.9 Å². The number of fused-ring (bicyclic) bond motifs is 3. The molecule has 0 bridgehead atoms. The molecule has 3 heterocycles. The fourth-order valence-electron chi connectivity index (χ4n) is 6.35. The van der Waals surface area contributed by atoms with E-state index in [9.17, 15) is 18.0 Å². The fraction of sp³-hybridized carbons (Fsp3) is 0.375. The van der Waals surface area contributed by atoms with Crippen LogP contribution in [0.4, 0.5) is 19.1 Å². The van der Waals surface area contributed by atoms with Gasteiger partial charge in [0.1, 0.15) is 23.5 Å². The number of nitrogens with one attached hydrogen (secondary N) is 1. The fourth-order valence-corrected chi connectivity index (χ4v) is 6.35. The summed E-state index contributed by atoms with van der Waals surface area (Å²) in [5, 5.41) is 2.20. The van der Waals surface area contributed by atoms with Gasteiger partial charge in [-0.3, -0.25) is 9.69 Å².